The average molecular weight is 532 g/mol. The molecule has 2 bridgehead atoms. The summed E-state index contributed by atoms with van der Waals surface area (Å²) in [6.07, 6.45) is -1.37. The highest BCUT2D eigenvalue weighted by molar-refractivity contribution is 6.25. The van der Waals surface area contributed by atoms with Gasteiger partial charge in [-0.2, -0.15) is 0 Å². The smallest absolute Gasteiger partial charge is 0.342 e. The van der Waals surface area contributed by atoms with E-state index in [0.29, 0.717) is 11.1 Å². The van der Waals surface area contributed by atoms with Crippen LogP contribution < -0.4 is 0 Å². The lowest BCUT2D eigenvalue weighted by atomic mass is 9.60. The lowest BCUT2D eigenvalue weighted by Crippen LogP contribution is -2.58. The monoisotopic (exact) mass is 532 g/mol. The van der Waals surface area contributed by atoms with E-state index >= 15 is 0 Å². The van der Waals surface area contributed by atoms with E-state index in [9.17, 15) is 39.3 Å². The number of ether oxygens (including phenoxy) is 3. The van der Waals surface area contributed by atoms with Gasteiger partial charge in [-0.25, -0.2) is 9.59 Å². The van der Waals surface area contributed by atoms with Gasteiger partial charge in [0.05, 0.1) is 11.3 Å². The molecular formula is C28H20O11. The Balaban J connectivity index is 1.70. The van der Waals surface area contributed by atoms with Crippen molar-refractivity contribution in [1.82, 2.24) is 0 Å². The van der Waals surface area contributed by atoms with Crippen LogP contribution in [0.25, 0.3) is 5.57 Å². The van der Waals surface area contributed by atoms with Gasteiger partial charge in [0.2, 0.25) is 0 Å². The Morgan fingerprint density at radius 2 is 1.46 bits per heavy atom. The molecule has 3 aliphatic carbocycles. The van der Waals surface area contributed by atoms with Gasteiger partial charge in [0.1, 0.15) is 41.9 Å². The van der Waals surface area contributed by atoms with Gasteiger partial charge >= 0.3 is 17.9 Å². The minimum absolute atomic E-state index is 0.00129. The second-order valence-corrected chi connectivity index (χ2v) is 10.6. The van der Waals surface area contributed by atoms with Crippen molar-refractivity contribution in [2.45, 2.75) is 37.9 Å². The molecular weight excluding hydrogens is 512 g/mol. The van der Waals surface area contributed by atoms with Gasteiger partial charge in [-0.05, 0) is 53.8 Å². The van der Waals surface area contributed by atoms with E-state index < -0.39 is 82.8 Å². The maximum atomic E-state index is 14.4. The summed E-state index contributed by atoms with van der Waals surface area (Å²) < 4.78 is 16.3. The van der Waals surface area contributed by atoms with Crippen molar-refractivity contribution in [3.63, 3.8) is 0 Å². The molecule has 0 radical (unpaired) electrons. The number of hydrogen-bond acceptors (Lipinski definition) is 11. The summed E-state index contributed by atoms with van der Waals surface area (Å²) in [5.74, 6) is -6.43. The molecule has 198 valence electrons. The van der Waals surface area contributed by atoms with E-state index in [0.717, 1.165) is 6.92 Å². The van der Waals surface area contributed by atoms with Crippen LogP contribution >= 0.6 is 0 Å². The maximum Gasteiger partial charge on any atom is 0.342 e. The Labute approximate surface area is 219 Å². The Morgan fingerprint density at radius 3 is 2.08 bits per heavy atom. The van der Waals surface area contributed by atoms with Crippen molar-refractivity contribution in [3.05, 3.63) is 62.2 Å². The zero-order valence-electron chi connectivity index (χ0n) is 20.8. The standard InChI is InChI=1S/C28H20O11/c1-8-4-12(31)16-20-13(8)17-18-22(32)14-9(2)5-11(30)15-19(14)27(6-37-25(15)34,24(18)39-10(3)29)21(17)23(33)28(20,36)7-38-26(16)35/h4-5,18,24,30-31,36H,6-7H2,1-3H3/t18-,24-,27-,28+/m0/s1. The predicted octanol–water partition coefficient (Wildman–Crippen LogP) is 1.28. The van der Waals surface area contributed by atoms with E-state index in [4.69, 9.17) is 14.2 Å². The first-order chi connectivity index (χ1) is 18.4. The van der Waals surface area contributed by atoms with Gasteiger partial charge in [0.25, 0.3) is 0 Å². The van der Waals surface area contributed by atoms with E-state index in [1.54, 1.807) is 13.8 Å². The molecule has 5 aliphatic rings. The summed E-state index contributed by atoms with van der Waals surface area (Å²) >= 11 is 0. The second kappa shape index (κ2) is 6.92. The van der Waals surface area contributed by atoms with Gasteiger partial charge in [0.15, 0.2) is 17.2 Å². The van der Waals surface area contributed by atoms with Crippen LogP contribution in [0.2, 0.25) is 0 Å². The summed E-state index contributed by atoms with van der Waals surface area (Å²) in [5.41, 5.74) is -4.21. The normalized spacial score (nSPS) is 29.3. The fourth-order valence-corrected chi connectivity index (χ4v) is 7.33. The van der Waals surface area contributed by atoms with E-state index in [1.807, 2.05) is 0 Å². The number of rotatable bonds is 1. The van der Waals surface area contributed by atoms with Crippen LogP contribution in [0.3, 0.4) is 0 Å². The number of phenolic OH excluding ortho intramolecular Hbond substituents is 2. The molecule has 7 rings (SSSR count). The van der Waals surface area contributed by atoms with Crippen LogP contribution in [0.15, 0.2) is 17.7 Å². The number of phenols is 2. The van der Waals surface area contributed by atoms with Crippen molar-refractivity contribution in [2.24, 2.45) is 5.92 Å². The highest BCUT2D eigenvalue weighted by Gasteiger charge is 2.72. The van der Waals surface area contributed by atoms with Crippen LogP contribution in [-0.2, 0) is 34.8 Å². The van der Waals surface area contributed by atoms with Crippen molar-refractivity contribution >= 4 is 35.0 Å². The number of aromatic hydroxyl groups is 2. The fourth-order valence-electron chi connectivity index (χ4n) is 7.33. The highest BCUT2D eigenvalue weighted by Crippen LogP contribution is 2.65. The molecule has 0 aromatic heterocycles. The number of Topliss-reactive ketones (excluding diaryl/α,β-unsaturated/α-hetero) is 2. The SMILES string of the molecule is CC(=O)O[C@H]1[C@@H]2C(=O)c3c(C)cc(O)c4c3[C@@]1(COC4=O)C1=C2c2c(C)cc(O)c3c2[C@](O)(COC3=O)C1=O. The first kappa shape index (κ1) is 23.6. The minimum atomic E-state index is -2.45. The summed E-state index contributed by atoms with van der Waals surface area (Å²) in [6, 6.07) is 2.52. The zero-order valence-corrected chi connectivity index (χ0v) is 20.8. The number of aryl methyl sites for hydroxylation is 2. The van der Waals surface area contributed by atoms with Crippen molar-refractivity contribution in [3.8, 4) is 11.5 Å². The molecule has 11 heteroatoms. The molecule has 0 fully saturated rings. The van der Waals surface area contributed by atoms with Crippen LogP contribution in [0.5, 0.6) is 11.5 Å². The van der Waals surface area contributed by atoms with Crippen LogP contribution in [-0.4, -0.2) is 64.1 Å². The number of esters is 3. The molecule has 39 heavy (non-hydrogen) atoms. The number of carbonyl (C=O) groups excluding carboxylic acids is 5. The van der Waals surface area contributed by atoms with E-state index in [2.05, 4.69) is 0 Å². The molecule has 0 amide bonds. The van der Waals surface area contributed by atoms with Crippen molar-refractivity contribution in [2.75, 3.05) is 13.2 Å². The van der Waals surface area contributed by atoms with Crippen LogP contribution in [0, 0.1) is 19.8 Å². The van der Waals surface area contributed by atoms with E-state index in [-0.39, 0.29) is 39.0 Å². The van der Waals surface area contributed by atoms with Gasteiger partial charge < -0.3 is 29.5 Å². The molecule has 0 saturated carbocycles. The molecule has 11 nitrogen and oxygen atoms in total. The molecule has 1 spiro atoms. The number of fused-ring (bicyclic) bond motifs is 3. The Bertz CT molecular complexity index is 1710. The van der Waals surface area contributed by atoms with Crippen LogP contribution in [0.1, 0.15) is 65.8 Å². The number of cyclic esters (lactones) is 2. The summed E-state index contributed by atoms with van der Waals surface area (Å²) in [7, 11) is 0. The third-order valence-corrected chi connectivity index (χ3v) is 8.63. The zero-order chi connectivity index (χ0) is 27.9. The molecule has 0 saturated heterocycles. The first-order valence-electron chi connectivity index (χ1n) is 12.2. The summed E-state index contributed by atoms with van der Waals surface area (Å²) in [6.45, 7) is 3.00. The minimum Gasteiger partial charge on any atom is -0.507 e. The molecule has 4 atom stereocenters. The number of ketones is 2. The molecule has 2 aromatic carbocycles. The quantitative estimate of drug-likeness (QED) is 0.356. The van der Waals surface area contributed by atoms with Crippen LogP contribution in [0.4, 0.5) is 0 Å². The first-order valence-corrected chi connectivity index (χ1v) is 12.2. The lowest BCUT2D eigenvalue weighted by Gasteiger charge is -2.46. The van der Waals surface area contributed by atoms with Crippen molar-refractivity contribution < 1.29 is 53.5 Å². The van der Waals surface area contributed by atoms with Gasteiger partial charge in [-0.1, -0.05) is 0 Å². The second-order valence-electron chi connectivity index (χ2n) is 10.6. The number of hydrogen-bond donors (Lipinski definition) is 3. The molecule has 0 unspecified atom stereocenters. The third kappa shape index (κ3) is 2.41. The van der Waals surface area contributed by atoms with Gasteiger partial charge in [-0.3, -0.25) is 14.4 Å². The molecule has 2 heterocycles. The number of aliphatic hydroxyl groups is 1. The van der Waals surface area contributed by atoms with Gasteiger partial charge in [-0.15, -0.1) is 0 Å². The molecule has 2 aromatic rings. The summed E-state index contributed by atoms with van der Waals surface area (Å²) in [5, 5.41) is 33.3. The van der Waals surface area contributed by atoms with Crippen molar-refractivity contribution in [1.29, 1.82) is 0 Å². The predicted molar refractivity (Wildman–Crippen MR) is 127 cm³/mol. The fraction of sp³-hybridized carbons (Fsp3) is 0.321. The lowest BCUT2D eigenvalue weighted by molar-refractivity contribution is -0.153. The third-order valence-electron chi connectivity index (χ3n) is 8.63. The maximum absolute atomic E-state index is 14.4. The Hall–Kier alpha value is -4.51. The largest absolute Gasteiger partial charge is 0.507 e. The Morgan fingerprint density at radius 1 is 0.897 bits per heavy atom. The average Bonchev–Trinajstić information content (AvgIpc) is 3.06. The molecule has 2 aliphatic heterocycles. The summed E-state index contributed by atoms with van der Waals surface area (Å²) in [4.78, 5) is 66.8. The topological polar surface area (TPSA) is 174 Å². The van der Waals surface area contributed by atoms with Gasteiger partial charge in [0, 0.05) is 23.6 Å². The Kier molecular flexibility index (Phi) is 4.18. The number of benzene rings is 2. The number of carbonyl (C=O) groups is 5. The molecule has 3 N–H and O–H groups in total. The highest BCUT2D eigenvalue weighted by atomic mass is 16.6. The van der Waals surface area contributed by atoms with E-state index in [1.165, 1.54) is 12.1 Å².